The van der Waals surface area contributed by atoms with Crippen LogP contribution in [0.4, 0.5) is 34.1 Å². The number of rotatable bonds is 12. The molecule has 0 saturated heterocycles. The zero-order valence-corrected chi connectivity index (χ0v) is 40.1. The van der Waals surface area contributed by atoms with E-state index in [0.29, 0.717) is 35.5 Å². The first-order valence-corrected chi connectivity index (χ1v) is 25.1. The van der Waals surface area contributed by atoms with Gasteiger partial charge in [0, 0.05) is 44.3 Å². The predicted octanol–water partition coefficient (Wildman–Crippen LogP) is 19.5. The Morgan fingerprint density at radius 3 is 0.828 bits per heavy atom. The number of anilines is 6. The van der Waals surface area contributed by atoms with Gasteiger partial charge in [0.2, 0.25) is 0 Å². The smallest absolute Gasteiger partial charge is 0.0620 e. The normalized spacial score (nSPS) is 15.3. The first kappa shape index (κ1) is 43.9. The molecule has 0 aliphatic heterocycles. The highest BCUT2D eigenvalue weighted by Gasteiger charge is 2.29. The summed E-state index contributed by atoms with van der Waals surface area (Å²) in [4.78, 5) is 5.21. The van der Waals surface area contributed by atoms with Crippen molar-refractivity contribution in [2.24, 2.45) is 0 Å². The lowest BCUT2D eigenvalue weighted by Gasteiger charge is -2.34. The summed E-state index contributed by atoms with van der Waals surface area (Å²) in [6.07, 6.45) is 13.0. The first-order chi connectivity index (χ1) is 31.0. The third kappa shape index (κ3) is 8.87. The quantitative estimate of drug-likeness (QED) is 0.0893. The molecule has 0 atom stereocenters. The van der Waals surface area contributed by atoms with Crippen molar-refractivity contribution in [3.8, 4) is 0 Å². The molecule has 9 rings (SSSR count). The van der Waals surface area contributed by atoms with E-state index in [1.165, 1.54) is 153 Å². The van der Waals surface area contributed by atoms with Crippen molar-refractivity contribution in [3.63, 3.8) is 0 Å². The number of hydrogen-bond acceptors (Lipinski definition) is 2. The van der Waals surface area contributed by atoms with Crippen LogP contribution in [-0.4, -0.2) is 0 Å². The van der Waals surface area contributed by atoms with Gasteiger partial charge in [-0.25, -0.2) is 0 Å². The number of fused-ring (bicyclic) bond motifs is 2. The van der Waals surface area contributed by atoms with E-state index in [-0.39, 0.29) is 0 Å². The topological polar surface area (TPSA) is 6.48 Å². The minimum Gasteiger partial charge on any atom is -0.309 e. The van der Waals surface area contributed by atoms with Gasteiger partial charge in [-0.15, -0.1) is 0 Å². The Kier molecular flexibility index (Phi) is 13.0. The molecule has 2 heteroatoms. The Balaban J connectivity index is 1.41. The van der Waals surface area contributed by atoms with E-state index < -0.39 is 0 Å². The lowest BCUT2D eigenvalue weighted by molar-refractivity contribution is 0.444. The summed E-state index contributed by atoms with van der Waals surface area (Å²) >= 11 is 0. The predicted molar refractivity (Wildman–Crippen MR) is 279 cm³/mol. The number of benzene rings is 7. The van der Waals surface area contributed by atoms with Gasteiger partial charge in [-0.3, -0.25) is 0 Å². The Bertz CT molecular complexity index is 2360. The molecule has 0 N–H and O–H groups in total. The molecule has 2 fully saturated rings. The van der Waals surface area contributed by atoms with Crippen LogP contribution in [0.5, 0.6) is 0 Å². The first-order valence-electron chi connectivity index (χ1n) is 25.1. The van der Waals surface area contributed by atoms with Crippen LogP contribution in [0.3, 0.4) is 0 Å². The molecule has 2 saturated carbocycles. The molecule has 7 aromatic carbocycles. The summed E-state index contributed by atoms with van der Waals surface area (Å²) in [5.74, 6) is 2.98. The maximum atomic E-state index is 2.62. The molecule has 330 valence electrons. The zero-order chi connectivity index (χ0) is 44.5. The van der Waals surface area contributed by atoms with Gasteiger partial charge in [0.25, 0.3) is 0 Å². The number of nitrogens with zero attached hydrogens (tertiary/aromatic N) is 2. The highest BCUT2D eigenvalue weighted by molar-refractivity contribution is 6.23. The third-order valence-electron chi connectivity index (χ3n) is 15.0. The van der Waals surface area contributed by atoms with E-state index in [1.54, 1.807) is 0 Å². The van der Waals surface area contributed by atoms with Crippen molar-refractivity contribution in [1.29, 1.82) is 0 Å². The van der Waals surface area contributed by atoms with E-state index in [9.17, 15) is 0 Å². The van der Waals surface area contributed by atoms with Gasteiger partial charge in [-0.2, -0.15) is 0 Å². The average molecular weight is 845 g/mol. The van der Waals surface area contributed by atoms with Gasteiger partial charge in [0.05, 0.1) is 11.4 Å². The minimum atomic E-state index is 0.459. The van der Waals surface area contributed by atoms with Crippen LogP contribution in [0.15, 0.2) is 133 Å². The molecule has 2 aliphatic rings. The molecular formula is C62H72N2. The molecule has 0 aromatic heterocycles. The van der Waals surface area contributed by atoms with Gasteiger partial charge in [0.1, 0.15) is 0 Å². The second kappa shape index (κ2) is 19.0. The van der Waals surface area contributed by atoms with Crippen LogP contribution < -0.4 is 9.80 Å². The molecular weight excluding hydrogens is 773 g/mol. The van der Waals surface area contributed by atoms with Gasteiger partial charge < -0.3 is 9.80 Å². The maximum absolute atomic E-state index is 2.62. The molecule has 0 heterocycles. The molecule has 7 aromatic rings. The minimum absolute atomic E-state index is 0.459. The average Bonchev–Trinajstić information content (AvgIpc) is 3.33. The van der Waals surface area contributed by atoms with Gasteiger partial charge >= 0.3 is 0 Å². The van der Waals surface area contributed by atoms with E-state index in [1.807, 2.05) is 0 Å². The second-order valence-corrected chi connectivity index (χ2v) is 20.6. The maximum Gasteiger partial charge on any atom is 0.0620 e. The van der Waals surface area contributed by atoms with Crippen LogP contribution in [0.1, 0.15) is 188 Å². The standard InChI is InChI=1S/C62H72N2/c1-41(2)45-19-29-53(30-20-45)63(54-31-21-46(22-32-54)42(3)4)61-57-37-27-52(50-17-13-10-14-18-50)40-60(57)62(58-38-28-51(39-59(58)61)49-15-11-9-12-16-49)64(55-33-23-47(24-34-55)43(5)6)56-35-25-48(26-36-56)44(7)8/h19-44,49-50H,9-18H2,1-8H3. The summed E-state index contributed by atoms with van der Waals surface area (Å²) < 4.78 is 0. The fourth-order valence-electron chi connectivity index (χ4n) is 10.9. The van der Waals surface area contributed by atoms with Crippen LogP contribution in [-0.2, 0) is 0 Å². The molecule has 2 nitrogen and oxygen atoms in total. The lowest BCUT2D eigenvalue weighted by Crippen LogP contribution is -2.16. The Morgan fingerprint density at radius 1 is 0.312 bits per heavy atom. The third-order valence-corrected chi connectivity index (χ3v) is 15.0. The van der Waals surface area contributed by atoms with Crippen molar-refractivity contribution in [2.75, 3.05) is 9.80 Å². The van der Waals surface area contributed by atoms with Crippen molar-refractivity contribution in [3.05, 3.63) is 167 Å². The molecule has 0 spiro atoms. The van der Waals surface area contributed by atoms with Gasteiger partial charge in [-0.1, -0.05) is 167 Å². The summed E-state index contributed by atoms with van der Waals surface area (Å²) in [6, 6.07) is 53.1. The van der Waals surface area contributed by atoms with Crippen LogP contribution in [0.25, 0.3) is 21.5 Å². The summed E-state index contributed by atoms with van der Waals surface area (Å²) in [6.45, 7) is 18.4. The fraction of sp³-hybridized carbons (Fsp3) is 0.387. The zero-order valence-electron chi connectivity index (χ0n) is 40.1. The number of hydrogen-bond donors (Lipinski definition) is 0. The van der Waals surface area contributed by atoms with Crippen molar-refractivity contribution < 1.29 is 0 Å². The van der Waals surface area contributed by atoms with Crippen molar-refractivity contribution >= 4 is 55.7 Å². The summed E-state index contributed by atoms with van der Waals surface area (Å²) in [7, 11) is 0. The lowest BCUT2D eigenvalue weighted by atomic mass is 9.81. The highest BCUT2D eigenvalue weighted by atomic mass is 15.2. The highest BCUT2D eigenvalue weighted by Crippen LogP contribution is 2.53. The molecule has 0 unspecified atom stereocenters. The van der Waals surface area contributed by atoms with Gasteiger partial charge in [0.15, 0.2) is 0 Å². The van der Waals surface area contributed by atoms with Crippen LogP contribution >= 0.6 is 0 Å². The fourth-order valence-corrected chi connectivity index (χ4v) is 10.9. The molecule has 0 radical (unpaired) electrons. The Labute approximate surface area is 385 Å². The van der Waals surface area contributed by atoms with Gasteiger partial charge in [-0.05, 0) is 155 Å². The Morgan fingerprint density at radius 2 is 0.578 bits per heavy atom. The van der Waals surface area contributed by atoms with E-state index >= 15 is 0 Å². The molecule has 64 heavy (non-hydrogen) atoms. The largest absolute Gasteiger partial charge is 0.309 e. The molecule has 2 aliphatic carbocycles. The molecule has 0 bridgehead atoms. The van der Waals surface area contributed by atoms with E-state index in [0.717, 1.165) is 0 Å². The van der Waals surface area contributed by atoms with E-state index in [2.05, 4.69) is 199 Å². The monoisotopic (exact) mass is 845 g/mol. The summed E-state index contributed by atoms with van der Waals surface area (Å²) in [5.41, 5.74) is 15.8. The van der Waals surface area contributed by atoms with Crippen molar-refractivity contribution in [2.45, 2.75) is 155 Å². The van der Waals surface area contributed by atoms with Crippen LogP contribution in [0.2, 0.25) is 0 Å². The molecule has 0 amide bonds. The summed E-state index contributed by atoms with van der Waals surface area (Å²) in [5, 5.41) is 5.23. The van der Waals surface area contributed by atoms with Crippen molar-refractivity contribution in [1.82, 2.24) is 0 Å². The Hall–Kier alpha value is -5.34. The van der Waals surface area contributed by atoms with E-state index in [4.69, 9.17) is 0 Å². The van der Waals surface area contributed by atoms with Crippen LogP contribution in [0, 0.1) is 0 Å². The second-order valence-electron chi connectivity index (χ2n) is 20.6. The SMILES string of the molecule is CC(C)c1ccc(N(c2ccc(C(C)C)cc2)c2c3ccc(C4CCCCC4)cc3c(N(c3ccc(C(C)C)cc3)c3ccc(C(C)C)cc3)c3ccc(C4CCCCC4)cc23)cc1.